The maximum atomic E-state index is 13.0. The first-order valence-corrected chi connectivity index (χ1v) is 36.1. The SMILES string of the molecule is CCCCCCCCCCCCCC(=O)OC[C@H](COP(=O)(O)OC[C@@H](O)COP(=O)(O)OC[C@@H](COC(=O)CCCCCCCCCC)OC(=O)CCCCCCCCCC)OC(=O)CCCCCCCCCCCCCCC(C)C. The zero-order chi connectivity index (χ0) is 60.6. The van der Waals surface area contributed by atoms with Crippen LogP contribution in [0.4, 0.5) is 0 Å². The van der Waals surface area contributed by atoms with Gasteiger partial charge in [-0.15, -0.1) is 0 Å². The predicted octanol–water partition coefficient (Wildman–Crippen LogP) is 17.4. The van der Waals surface area contributed by atoms with Crippen molar-refractivity contribution in [2.24, 2.45) is 5.92 Å². The molecule has 0 heterocycles. The standard InChI is InChI=1S/C63H122O17P2/c1-6-9-12-15-18-21-24-28-33-37-42-47-61(66)74-53-59(80-63(68)49-44-39-34-29-26-23-22-25-27-30-35-40-45-56(4)5)55-78-82(71,72)76-51-57(64)50-75-81(69,70)77-54-58(79-62(67)48-43-38-32-20-17-14-11-8-3)52-73-60(65)46-41-36-31-19-16-13-10-7-2/h56-59,64H,6-55H2,1-5H3,(H,69,70)(H,71,72)/t57-,58+,59+/m0/s1. The molecule has 0 saturated heterocycles. The number of carbonyl (C=O) groups is 4. The highest BCUT2D eigenvalue weighted by Crippen LogP contribution is 2.45. The average Bonchev–Trinajstić information content (AvgIpc) is 3.45. The number of phosphoric ester groups is 2. The third kappa shape index (κ3) is 57.2. The van der Waals surface area contributed by atoms with Gasteiger partial charge in [-0.25, -0.2) is 9.13 Å². The summed E-state index contributed by atoms with van der Waals surface area (Å²) in [6, 6.07) is 0. The Labute approximate surface area is 498 Å². The molecule has 0 spiro atoms. The van der Waals surface area contributed by atoms with Gasteiger partial charge >= 0.3 is 39.5 Å². The Balaban J connectivity index is 5.20. The predicted molar refractivity (Wildman–Crippen MR) is 326 cm³/mol. The van der Waals surface area contributed by atoms with E-state index in [1.54, 1.807) is 0 Å². The molecule has 0 aromatic carbocycles. The number of phosphoric acid groups is 2. The summed E-state index contributed by atoms with van der Waals surface area (Å²) in [7, 11) is -9.88. The van der Waals surface area contributed by atoms with E-state index in [9.17, 15) is 43.2 Å². The Bertz CT molecular complexity index is 1600. The van der Waals surface area contributed by atoms with Crippen LogP contribution in [0.1, 0.15) is 317 Å². The minimum absolute atomic E-state index is 0.105. The van der Waals surface area contributed by atoms with Crippen molar-refractivity contribution in [1.29, 1.82) is 0 Å². The molecule has 486 valence electrons. The second kappa shape index (κ2) is 56.8. The lowest BCUT2D eigenvalue weighted by molar-refractivity contribution is -0.161. The van der Waals surface area contributed by atoms with Crippen molar-refractivity contribution in [2.45, 2.75) is 335 Å². The van der Waals surface area contributed by atoms with Gasteiger partial charge in [0.15, 0.2) is 12.2 Å². The number of hydrogen-bond acceptors (Lipinski definition) is 15. The van der Waals surface area contributed by atoms with Crippen LogP contribution in [0, 0.1) is 5.92 Å². The van der Waals surface area contributed by atoms with E-state index in [-0.39, 0.29) is 25.7 Å². The lowest BCUT2D eigenvalue weighted by atomic mass is 10.0. The molecule has 3 N–H and O–H groups in total. The van der Waals surface area contributed by atoms with E-state index in [1.807, 2.05) is 0 Å². The second-order valence-corrected chi connectivity index (χ2v) is 26.2. The summed E-state index contributed by atoms with van der Waals surface area (Å²) < 4.78 is 67.8. The monoisotopic (exact) mass is 1210 g/mol. The minimum Gasteiger partial charge on any atom is -0.462 e. The van der Waals surface area contributed by atoms with Gasteiger partial charge in [-0.1, -0.05) is 266 Å². The van der Waals surface area contributed by atoms with Crippen LogP contribution in [0.3, 0.4) is 0 Å². The van der Waals surface area contributed by atoms with Crippen LogP contribution in [-0.2, 0) is 65.4 Å². The first kappa shape index (κ1) is 80.1. The van der Waals surface area contributed by atoms with Crippen LogP contribution < -0.4 is 0 Å². The van der Waals surface area contributed by atoms with Gasteiger partial charge in [0.05, 0.1) is 26.4 Å². The zero-order valence-electron chi connectivity index (χ0n) is 52.6. The first-order valence-electron chi connectivity index (χ1n) is 33.1. The van der Waals surface area contributed by atoms with Gasteiger partial charge in [-0.2, -0.15) is 0 Å². The van der Waals surface area contributed by atoms with Crippen molar-refractivity contribution >= 4 is 39.5 Å². The summed E-state index contributed by atoms with van der Waals surface area (Å²) in [5.41, 5.74) is 0. The third-order valence-electron chi connectivity index (χ3n) is 14.5. The van der Waals surface area contributed by atoms with Gasteiger partial charge < -0.3 is 33.8 Å². The van der Waals surface area contributed by atoms with E-state index in [4.69, 9.17) is 37.0 Å². The van der Waals surface area contributed by atoms with E-state index in [0.717, 1.165) is 109 Å². The van der Waals surface area contributed by atoms with Crippen LogP contribution in [0.25, 0.3) is 0 Å². The van der Waals surface area contributed by atoms with Crippen molar-refractivity contribution in [2.75, 3.05) is 39.6 Å². The second-order valence-electron chi connectivity index (χ2n) is 23.3. The molecule has 0 radical (unpaired) electrons. The Kier molecular flexibility index (Phi) is 55.5. The fourth-order valence-electron chi connectivity index (χ4n) is 9.41. The molecule has 0 aliphatic heterocycles. The van der Waals surface area contributed by atoms with E-state index in [2.05, 4.69) is 34.6 Å². The normalized spacial score (nSPS) is 14.3. The number of hydrogen-bond donors (Lipinski definition) is 3. The van der Waals surface area contributed by atoms with Crippen LogP contribution in [0.5, 0.6) is 0 Å². The summed E-state index contributed by atoms with van der Waals surface area (Å²) in [4.78, 5) is 72.0. The number of aliphatic hydroxyl groups excluding tert-OH is 1. The van der Waals surface area contributed by atoms with Crippen LogP contribution in [0.2, 0.25) is 0 Å². The molecule has 5 atom stereocenters. The van der Waals surface area contributed by atoms with Crippen molar-refractivity contribution in [3.63, 3.8) is 0 Å². The molecule has 0 aliphatic carbocycles. The third-order valence-corrected chi connectivity index (χ3v) is 16.4. The summed E-state index contributed by atoms with van der Waals surface area (Å²) in [5, 5.41) is 10.5. The van der Waals surface area contributed by atoms with Crippen LogP contribution in [-0.4, -0.2) is 96.7 Å². The number of unbranched alkanes of at least 4 members (excludes halogenated alkanes) is 35. The van der Waals surface area contributed by atoms with Gasteiger partial charge in [0, 0.05) is 25.7 Å². The zero-order valence-corrected chi connectivity index (χ0v) is 54.4. The quantitative estimate of drug-likeness (QED) is 0.0222. The molecule has 19 heteroatoms. The minimum atomic E-state index is -4.94. The smallest absolute Gasteiger partial charge is 0.462 e. The van der Waals surface area contributed by atoms with Gasteiger partial charge in [-0.05, 0) is 31.6 Å². The number of rotatable bonds is 63. The van der Waals surface area contributed by atoms with E-state index < -0.39 is 97.5 Å². The Morgan fingerprint density at radius 2 is 0.561 bits per heavy atom. The van der Waals surface area contributed by atoms with E-state index in [1.165, 1.54) is 128 Å². The average molecular weight is 1210 g/mol. The van der Waals surface area contributed by atoms with Crippen LogP contribution in [0.15, 0.2) is 0 Å². The fourth-order valence-corrected chi connectivity index (χ4v) is 11.0. The molecule has 0 aliphatic rings. The molecule has 0 amide bonds. The molecule has 0 bridgehead atoms. The maximum absolute atomic E-state index is 13.0. The Morgan fingerprint density at radius 3 is 0.829 bits per heavy atom. The molecule has 0 rings (SSSR count). The molecular weight excluding hydrogens is 1090 g/mol. The van der Waals surface area contributed by atoms with E-state index in [0.29, 0.717) is 25.7 Å². The highest BCUT2D eigenvalue weighted by atomic mass is 31.2. The van der Waals surface area contributed by atoms with E-state index >= 15 is 0 Å². The number of ether oxygens (including phenoxy) is 4. The van der Waals surface area contributed by atoms with Gasteiger partial charge in [-0.3, -0.25) is 37.3 Å². The molecule has 0 aromatic rings. The fraction of sp³-hybridized carbons (Fsp3) is 0.937. The number of carbonyl (C=O) groups excluding carboxylic acids is 4. The van der Waals surface area contributed by atoms with Crippen molar-refractivity contribution in [1.82, 2.24) is 0 Å². The van der Waals surface area contributed by atoms with Gasteiger partial charge in [0.25, 0.3) is 0 Å². The van der Waals surface area contributed by atoms with Crippen LogP contribution >= 0.6 is 15.6 Å². The topological polar surface area (TPSA) is 237 Å². The van der Waals surface area contributed by atoms with Crippen molar-refractivity contribution in [3.8, 4) is 0 Å². The Morgan fingerprint density at radius 1 is 0.329 bits per heavy atom. The summed E-state index contributed by atoms with van der Waals surface area (Å²) in [6.07, 6.45) is 40.3. The number of esters is 4. The Hall–Kier alpha value is -1.94. The molecule has 17 nitrogen and oxygen atoms in total. The lowest BCUT2D eigenvalue weighted by Gasteiger charge is -2.21. The molecular formula is C63H122O17P2. The molecule has 2 unspecified atom stereocenters. The lowest BCUT2D eigenvalue weighted by Crippen LogP contribution is -2.30. The molecule has 82 heavy (non-hydrogen) atoms. The first-order chi connectivity index (χ1) is 39.5. The number of aliphatic hydroxyl groups is 1. The van der Waals surface area contributed by atoms with Gasteiger partial charge in [0.2, 0.25) is 0 Å². The summed E-state index contributed by atoms with van der Waals surface area (Å²) in [5.74, 6) is -1.36. The van der Waals surface area contributed by atoms with Crippen molar-refractivity contribution < 1.29 is 80.2 Å². The molecule has 0 saturated carbocycles. The largest absolute Gasteiger partial charge is 0.472 e. The summed E-state index contributed by atoms with van der Waals surface area (Å²) in [6.45, 7) is 7.14. The highest BCUT2D eigenvalue weighted by Gasteiger charge is 2.30. The molecule has 0 fully saturated rings. The summed E-state index contributed by atoms with van der Waals surface area (Å²) >= 11 is 0. The highest BCUT2D eigenvalue weighted by molar-refractivity contribution is 7.47. The van der Waals surface area contributed by atoms with Gasteiger partial charge in [0.1, 0.15) is 19.3 Å². The molecule has 0 aromatic heterocycles. The van der Waals surface area contributed by atoms with Crippen molar-refractivity contribution in [3.05, 3.63) is 0 Å². The maximum Gasteiger partial charge on any atom is 0.472 e.